The molecule has 0 atom stereocenters. The van der Waals surface area contributed by atoms with Crippen LogP contribution in [0, 0.1) is 0 Å². The maximum atomic E-state index is 12.2. The van der Waals surface area contributed by atoms with Crippen LogP contribution in [0.4, 0.5) is 10.5 Å². The van der Waals surface area contributed by atoms with Gasteiger partial charge >= 0.3 is 6.09 Å². The number of para-hydroxylation sites is 1. The second-order valence-electron chi connectivity index (χ2n) is 7.63. The summed E-state index contributed by atoms with van der Waals surface area (Å²) in [6.07, 6.45) is -0.481. The molecule has 0 heterocycles. The minimum Gasteiger partial charge on any atom is -0.507 e. The number of anilines is 1. The molecule has 8 nitrogen and oxygen atoms in total. The fourth-order valence-electron chi connectivity index (χ4n) is 2.52. The van der Waals surface area contributed by atoms with E-state index in [1.165, 1.54) is 12.1 Å². The number of alkyl carbamates (subject to hydrolysis) is 1. The smallest absolute Gasteiger partial charge is 0.407 e. The third kappa shape index (κ3) is 7.83. The molecule has 30 heavy (non-hydrogen) atoms. The standard InChI is InChI=1S/C22H27N3O5/c1-22(2,3)30-21(29)23-12-11-19(27)25-16-8-6-7-15(13-16)14-24-20(28)17-9-4-5-10-18(17)26/h4-10,13,26H,11-12,14H2,1-3H3,(H,23,29)(H,24,28)(H,25,27). The Kier molecular flexibility index (Phi) is 7.80. The number of benzene rings is 2. The van der Waals surface area contributed by atoms with Crippen molar-refractivity contribution in [1.29, 1.82) is 0 Å². The Morgan fingerprint density at radius 1 is 1.00 bits per heavy atom. The monoisotopic (exact) mass is 413 g/mol. The fraction of sp³-hybridized carbons (Fsp3) is 0.318. The van der Waals surface area contributed by atoms with E-state index >= 15 is 0 Å². The number of nitrogens with one attached hydrogen (secondary N) is 3. The summed E-state index contributed by atoms with van der Waals surface area (Å²) in [7, 11) is 0. The summed E-state index contributed by atoms with van der Waals surface area (Å²) in [5.41, 5.74) is 0.955. The Bertz CT molecular complexity index is 906. The lowest BCUT2D eigenvalue weighted by molar-refractivity contribution is -0.116. The SMILES string of the molecule is CC(C)(C)OC(=O)NCCC(=O)Nc1cccc(CNC(=O)c2ccccc2O)c1. The van der Waals surface area contributed by atoms with Gasteiger partial charge in [-0.25, -0.2) is 4.79 Å². The summed E-state index contributed by atoms with van der Waals surface area (Å²) in [5.74, 6) is -0.742. The highest BCUT2D eigenvalue weighted by Crippen LogP contribution is 2.16. The Labute approximate surface area is 175 Å². The molecule has 2 aromatic carbocycles. The molecule has 0 aliphatic carbocycles. The lowest BCUT2D eigenvalue weighted by Crippen LogP contribution is -2.34. The summed E-state index contributed by atoms with van der Waals surface area (Å²) >= 11 is 0. The fourth-order valence-corrected chi connectivity index (χ4v) is 2.52. The van der Waals surface area contributed by atoms with Gasteiger partial charge in [0.05, 0.1) is 5.56 Å². The van der Waals surface area contributed by atoms with Crippen molar-refractivity contribution in [1.82, 2.24) is 10.6 Å². The van der Waals surface area contributed by atoms with Crippen LogP contribution in [0.3, 0.4) is 0 Å². The predicted molar refractivity (Wildman–Crippen MR) is 113 cm³/mol. The molecule has 0 saturated heterocycles. The van der Waals surface area contributed by atoms with Crippen LogP contribution >= 0.6 is 0 Å². The molecule has 0 aromatic heterocycles. The molecule has 0 radical (unpaired) electrons. The zero-order valence-electron chi connectivity index (χ0n) is 17.3. The predicted octanol–water partition coefficient (Wildman–Crippen LogP) is 3.18. The molecule has 0 saturated carbocycles. The first-order chi connectivity index (χ1) is 14.1. The van der Waals surface area contributed by atoms with Gasteiger partial charge in [-0.05, 0) is 50.6 Å². The summed E-state index contributed by atoms with van der Waals surface area (Å²) < 4.78 is 5.11. The molecule has 0 fully saturated rings. The van der Waals surface area contributed by atoms with Gasteiger partial charge in [0.1, 0.15) is 11.4 Å². The minimum atomic E-state index is -0.596. The van der Waals surface area contributed by atoms with Crippen molar-refractivity contribution in [2.24, 2.45) is 0 Å². The molecule has 4 N–H and O–H groups in total. The molecule has 0 bridgehead atoms. The van der Waals surface area contributed by atoms with Crippen molar-refractivity contribution in [3.8, 4) is 5.75 Å². The Morgan fingerprint density at radius 3 is 2.43 bits per heavy atom. The Morgan fingerprint density at radius 2 is 1.73 bits per heavy atom. The van der Waals surface area contributed by atoms with Gasteiger partial charge in [-0.15, -0.1) is 0 Å². The van der Waals surface area contributed by atoms with E-state index in [1.807, 2.05) is 6.07 Å². The lowest BCUT2D eigenvalue weighted by Gasteiger charge is -2.19. The molecule has 3 amide bonds. The number of carbonyl (C=O) groups is 3. The van der Waals surface area contributed by atoms with Crippen molar-refractivity contribution in [2.75, 3.05) is 11.9 Å². The summed E-state index contributed by atoms with van der Waals surface area (Å²) in [5, 5.41) is 17.7. The van der Waals surface area contributed by atoms with Crippen molar-refractivity contribution < 1.29 is 24.2 Å². The molecule has 0 aliphatic rings. The number of phenolic OH excluding ortho intramolecular Hbond substituents is 1. The quantitative estimate of drug-likeness (QED) is 0.556. The van der Waals surface area contributed by atoms with Crippen LogP contribution < -0.4 is 16.0 Å². The molecule has 2 rings (SSSR count). The molecule has 0 spiro atoms. The lowest BCUT2D eigenvalue weighted by atomic mass is 10.1. The normalized spacial score (nSPS) is 10.8. The van der Waals surface area contributed by atoms with Gasteiger partial charge in [-0.3, -0.25) is 9.59 Å². The van der Waals surface area contributed by atoms with Gasteiger partial charge < -0.3 is 25.8 Å². The van der Waals surface area contributed by atoms with Gasteiger partial charge in [-0.2, -0.15) is 0 Å². The largest absolute Gasteiger partial charge is 0.507 e. The molecular formula is C22H27N3O5. The first-order valence-corrected chi connectivity index (χ1v) is 9.56. The molecule has 0 unspecified atom stereocenters. The third-order valence-electron chi connectivity index (χ3n) is 3.83. The van der Waals surface area contributed by atoms with Crippen LogP contribution in [0.2, 0.25) is 0 Å². The average Bonchev–Trinajstić information content (AvgIpc) is 2.65. The maximum absolute atomic E-state index is 12.2. The van der Waals surface area contributed by atoms with Crippen molar-refractivity contribution >= 4 is 23.6 Å². The molecule has 160 valence electrons. The van der Waals surface area contributed by atoms with E-state index in [4.69, 9.17) is 4.74 Å². The molecular weight excluding hydrogens is 386 g/mol. The minimum absolute atomic E-state index is 0.0870. The van der Waals surface area contributed by atoms with Crippen molar-refractivity contribution in [3.05, 3.63) is 59.7 Å². The first kappa shape index (κ1) is 22.7. The third-order valence-corrected chi connectivity index (χ3v) is 3.83. The number of amides is 3. The zero-order valence-corrected chi connectivity index (χ0v) is 17.3. The van der Waals surface area contributed by atoms with Gasteiger partial charge in [-0.1, -0.05) is 24.3 Å². The van der Waals surface area contributed by atoms with Gasteiger partial charge in [0.2, 0.25) is 5.91 Å². The van der Waals surface area contributed by atoms with E-state index in [2.05, 4.69) is 16.0 Å². The zero-order chi connectivity index (χ0) is 22.1. The van der Waals surface area contributed by atoms with Crippen LogP contribution in [0.25, 0.3) is 0 Å². The van der Waals surface area contributed by atoms with E-state index < -0.39 is 17.6 Å². The van der Waals surface area contributed by atoms with Crippen LogP contribution in [-0.4, -0.2) is 35.2 Å². The van der Waals surface area contributed by atoms with E-state index in [0.29, 0.717) is 5.69 Å². The van der Waals surface area contributed by atoms with Gasteiger partial charge in [0.25, 0.3) is 5.91 Å². The summed E-state index contributed by atoms with van der Waals surface area (Å²) in [6, 6.07) is 13.3. The average molecular weight is 413 g/mol. The Balaban J connectivity index is 1.81. The number of carbonyl (C=O) groups excluding carboxylic acids is 3. The Hall–Kier alpha value is -3.55. The highest BCUT2D eigenvalue weighted by Gasteiger charge is 2.16. The van der Waals surface area contributed by atoms with Gasteiger partial charge in [0, 0.05) is 25.2 Å². The van der Waals surface area contributed by atoms with Crippen LogP contribution in [0.1, 0.15) is 43.1 Å². The van der Waals surface area contributed by atoms with Crippen molar-refractivity contribution in [3.63, 3.8) is 0 Å². The van der Waals surface area contributed by atoms with E-state index in [9.17, 15) is 19.5 Å². The summed E-state index contributed by atoms with van der Waals surface area (Å²) in [6.45, 7) is 5.67. The van der Waals surface area contributed by atoms with E-state index in [-0.39, 0.29) is 36.7 Å². The number of phenols is 1. The van der Waals surface area contributed by atoms with Gasteiger partial charge in [0.15, 0.2) is 0 Å². The number of hydrogen-bond donors (Lipinski definition) is 4. The van der Waals surface area contributed by atoms with Crippen LogP contribution in [0.5, 0.6) is 5.75 Å². The maximum Gasteiger partial charge on any atom is 0.407 e. The number of hydrogen-bond acceptors (Lipinski definition) is 5. The molecule has 2 aromatic rings. The molecule has 8 heteroatoms. The summed E-state index contributed by atoms with van der Waals surface area (Å²) in [4.78, 5) is 35.8. The highest BCUT2D eigenvalue weighted by molar-refractivity contribution is 5.96. The van der Waals surface area contributed by atoms with Crippen LogP contribution in [0.15, 0.2) is 48.5 Å². The van der Waals surface area contributed by atoms with Crippen LogP contribution in [-0.2, 0) is 16.1 Å². The van der Waals surface area contributed by atoms with E-state index in [1.54, 1.807) is 51.1 Å². The van der Waals surface area contributed by atoms with Crippen molar-refractivity contribution in [2.45, 2.75) is 39.3 Å². The second kappa shape index (κ2) is 10.3. The number of rotatable bonds is 7. The number of aromatic hydroxyl groups is 1. The van der Waals surface area contributed by atoms with E-state index in [0.717, 1.165) is 5.56 Å². The first-order valence-electron chi connectivity index (χ1n) is 9.56. The highest BCUT2D eigenvalue weighted by atomic mass is 16.6. The molecule has 0 aliphatic heterocycles. The number of ether oxygens (including phenoxy) is 1. The second-order valence-corrected chi connectivity index (χ2v) is 7.63. The topological polar surface area (TPSA) is 117 Å².